The molecule has 1 aromatic rings. The zero-order chi connectivity index (χ0) is 13.4. The second kappa shape index (κ2) is 7.50. The van der Waals surface area contributed by atoms with Crippen molar-refractivity contribution < 1.29 is 19.4 Å². The van der Waals surface area contributed by atoms with Crippen LogP contribution in [0, 0.1) is 0 Å². The lowest BCUT2D eigenvalue weighted by atomic mass is 10.1. The third kappa shape index (κ3) is 4.59. The molecule has 0 fully saturated rings. The second-order valence-corrected chi connectivity index (χ2v) is 3.77. The Morgan fingerprint density at radius 3 is 2.33 bits per heavy atom. The Balaban J connectivity index is 2.76. The van der Waals surface area contributed by atoms with E-state index in [1.54, 1.807) is 26.4 Å². The monoisotopic (exact) mass is 250 g/mol. The van der Waals surface area contributed by atoms with Gasteiger partial charge in [0, 0.05) is 19.1 Å². The minimum atomic E-state index is -0.00848. The maximum atomic E-state index is 11.4. The molecule has 0 aliphatic heterocycles. The number of ketones is 1. The molecule has 1 aromatic carbocycles. The molecule has 0 bridgehead atoms. The molecule has 4 heteroatoms. The number of hydrogen-bond acceptors (Lipinski definition) is 4. The number of allylic oxidation sites excluding steroid dienone is 1. The summed E-state index contributed by atoms with van der Waals surface area (Å²) in [6.07, 6.45) is 4.06. The van der Waals surface area contributed by atoms with E-state index in [-0.39, 0.29) is 12.4 Å². The van der Waals surface area contributed by atoms with Crippen LogP contribution in [-0.2, 0) is 4.79 Å². The SMILES string of the molecule is COc1cc(C=CC(=O)CCCO)cc(OC)c1. The molecular formula is C14H18O4. The zero-order valence-corrected chi connectivity index (χ0v) is 10.7. The summed E-state index contributed by atoms with van der Waals surface area (Å²) in [5.41, 5.74) is 0.837. The molecule has 0 aliphatic carbocycles. The van der Waals surface area contributed by atoms with Crippen LogP contribution in [0.3, 0.4) is 0 Å². The van der Waals surface area contributed by atoms with E-state index in [9.17, 15) is 4.79 Å². The number of ether oxygens (including phenoxy) is 2. The van der Waals surface area contributed by atoms with Crippen molar-refractivity contribution >= 4 is 11.9 Å². The molecule has 0 unspecified atom stereocenters. The summed E-state index contributed by atoms with van der Waals surface area (Å²) in [5, 5.41) is 8.63. The van der Waals surface area contributed by atoms with Gasteiger partial charge in [-0.2, -0.15) is 0 Å². The van der Waals surface area contributed by atoms with Gasteiger partial charge in [-0.25, -0.2) is 0 Å². The molecule has 1 rings (SSSR count). The van der Waals surface area contributed by atoms with Gasteiger partial charge in [0.1, 0.15) is 11.5 Å². The lowest BCUT2D eigenvalue weighted by Crippen LogP contribution is -1.94. The quantitative estimate of drug-likeness (QED) is 0.752. The first kappa shape index (κ1) is 14.3. The van der Waals surface area contributed by atoms with Gasteiger partial charge < -0.3 is 14.6 Å². The van der Waals surface area contributed by atoms with Gasteiger partial charge >= 0.3 is 0 Å². The first-order chi connectivity index (χ1) is 8.69. The van der Waals surface area contributed by atoms with Crippen molar-refractivity contribution in [2.24, 2.45) is 0 Å². The van der Waals surface area contributed by atoms with Crippen LogP contribution in [0.4, 0.5) is 0 Å². The predicted octanol–water partition coefficient (Wildman–Crippen LogP) is 2.06. The third-order valence-electron chi connectivity index (χ3n) is 2.42. The fourth-order valence-electron chi connectivity index (χ4n) is 1.45. The fourth-order valence-corrected chi connectivity index (χ4v) is 1.45. The Hall–Kier alpha value is -1.81. The summed E-state index contributed by atoms with van der Waals surface area (Å²) < 4.78 is 10.3. The summed E-state index contributed by atoms with van der Waals surface area (Å²) in [5.74, 6) is 1.35. The summed E-state index contributed by atoms with van der Waals surface area (Å²) in [6, 6.07) is 5.40. The molecule has 0 aromatic heterocycles. The number of aliphatic hydroxyl groups is 1. The highest BCUT2D eigenvalue weighted by atomic mass is 16.5. The number of rotatable bonds is 7. The largest absolute Gasteiger partial charge is 0.497 e. The van der Waals surface area contributed by atoms with E-state index in [0.29, 0.717) is 24.3 Å². The summed E-state index contributed by atoms with van der Waals surface area (Å²) in [7, 11) is 3.16. The van der Waals surface area contributed by atoms with E-state index in [1.165, 1.54) is 6.08 Å². The average Bonchev–Trinajstić information content (AvgIpc) is 2.42. The Bertz CT molecular complexity index is 402. The van der Waals surface area contributed by atoms with Crippen LogP contribution < -0.4 is 9.47 Å². The van der Waals surface area contributed by atoms with Gasteiger partial charge in [0.15, 0.2) is 5.78 Å². The Morgan fingerprint density at radius 1 is 1.22 bits per heavy atom. The Kier molecular flexibility index (Phi) is 5.94. The molecule has 0 saturated heterocycles. The van der Waals surface area contributed by atoms with Crippen molar-refractivity contribution in [2.45, 2.75) is 12.8 Å². The van der Waals surface area contributed by atoms with Crippen molar-refractivity contribution in [3.8, 4) is 11.5 Å². The van der Waals surface area contributed by atoms with Crippen LogP contribution in [-0.4, -0.2) is 31.7 Å². The summed E-state index contributed by atoms with van der Waals surface area (Å²) in [4.78, 5) is 11.4. The van der Waals surface area contributed by atoms with Crippen molar-refractivity contribution in [3.05, 3.63) is 29.8 Å². The van der Waals surface area contributed by atoms with Gasteiger partial charge in [-0.1, -0.05) is 6.08 Å². The Labute approximate surface area is 107 Å². The molecular weight excluding hydrogens is 232 g/mol. The van der Waals surface area contributed by atoms with Gasteiger partial charge in [0.05, 0.1) is 14.2 Å². The number of methoxy groups -OCH3 is 2. The van der Waals surface area contributed by atoms with Crippen molar-refractivity contribution in [1.29, 1.82) is 0 Å². The van der Waals surface area contributed by atoms with E-state index in [2.05, 4.69) is 0 Å². The lowest BCUT2D eigenvalue weighted by molar-refractivity contribution is -0.114. The van der Waals surface area contributed by atoms with E-state index >= 15 is 0 Å². The van der Waals surface area contributed by atoms with Crippen molar-refractivity contribution in [1.82, 2.24) is 0 Å². The van der Waals surface area contributed by atoms with Crippen LogP contribution in [0.25, 0.3) is 6.08 Å². The van der Waals surface area contributed by atoms with Gasteiger partial charge in [-0.15, -0.1) is 0 Å². The maximum Gasteiger partial charge on any atom is 0.155 e. The highest BCUT2D eigenvalue weighted by Gasteiger charge is 2.00. The summed E-state index contributed by atoms with van der Waals surface area (Å²) >= 11 is 0. The van der Waals surface area contributed by atoms with Gasteiger partial charge in [-0.3, -0.25) is 4.79 Å². The van der Waals surface area contributed by atoms with Crippen LogP contribution in [0.15, 0.2) is 24.3 Å². The van der Waals surface area contributed by atoms with Crippen molar-refractivity contribution in [3.63, 3.8) is 0 Å². The van der Waals surface area contributed by atoms with Gasteiger partial charge in [-0.05, 0) is 30.2 Å². The summed E-state index contributed by atoms with van der Waals surface area (Å²) in [6.45, 7) is 0.0343. The number of aliphatic hydroxyl groups excluding tert-OH is 1. The smallest absolute Gasteiger partial charge is 0.155 e. The molecule has 0 saturated carbocycles. The van der Waals surface area contributed by atoms with Crippen LogP contribution in [0.1, 0.15) is 18.4 Å². The standard InChI is InChI=1S/C14H18O4/c1-17-13-8-11(9-14(10-13)18-2)5-6-12(16)4-3-7-15/h5-6,8-10,15H,3-4,7H2,1-2H3. The van der Waals surface area contributed by atoms with Crippen LogP contribution >= 0.6 is 0 Å². The molecule has 0 aliphatic rings. The second-order valence-electron chi connectivity index (χ2n) is 3.77. The molecule has 0 atom stereocenters. The molecule has 0 spiro atoms. The van der Waals surface area contributed by atoms with Gasteiger partial charge in [0.2, 0.25) is 0 Å². The molecule has 18 heavy (non-hydrogen) atoms. The molecule has 98 valence electrons. The minimum absolute atomic E-state index is 0.00848. The minimum Gasteiger partial charge on any atom is -0.497 e. The first-order valence-electron chi connectivity index (χ1n) is 5.74. The van der Waals surface area contributed by atoms with E-state index in [4.69, 9.17) is 14.6 Å². The fraction of sp³-hybridized carbons (Fsp3) is 0.357. The van der Waals surface area contributed by atoms with E-state index < -0.39 is 0 Å². The molecule has 0 radical (unpaired) electrons. The zero-order valence-electron chi connectivity index (χ0n) is 10.7. The Morgan fingerprint density at radius 2 is 1.83 bits per heavy atom. The van der Waals surface area contributed by atoms with E-state index in [1.807, 2.05) is 12.1 Å². The number of carbonyl (C=O) groups is 1. The van der Waals surface area contributed by atoms with E-state index in [0.717, 1.165) is 5.56 Å². The molecule has 1 N–H and O–H groups in total. The lowest BCUT2D eigenvalue weighted by Gasteiger charge is -2.05. The molecule has 4 nitrogen and oxygen atoms in total. The van der Waals surface area contributed by atoms with Crippen LogP contribution in [0.5, 0.6) is 11.5 Å². The normalized spacial score (nSPS) is 10.6. The average molecular weight is 250 g/mol. The number of carbonyl (C=O) groups excluding carboxylic acids is 1. The van der Waals surface area contributed by atoms with Crippen LogP contribution in [0.2, 0.25) is 0 Å². The molecule has 0 heterocycles. The van der Waals surface area contributed by atoms with Gasteiger partial charge in [0.25, 0.3) is 0 Å². The highest BCUT2D eigenvalue weighted by molar-refractivity contribution is 5.93. The maximum absolute atomic E-state index is 11.4. The number of hydrogen-bond donors (Lipinski definition) is 1. The van der Waals surface area contributed by atoms with Crippen molar-refractivity contribution in [2.75, 3.05) is 20.8 Å². The third-order valence-corrected chi connectivity index (χ3v) is 2.42. The number of benzene rings is 1. The topological polar surface area (TPSA) is 55.8 Å². The predicted molar refractivity (Wildman–Crippen MR) is 69.9 cm³/mol. The first-order valence-corrected chi connectivity index (χ1v) is 5.74. The molecule has 0 amide bonds. The highest BCUT2D eigenvalue weighted by Crippen LogP contribution is 2.23.